The normalized spacial score (nSPS) is 14.5. The summed E-state index contributed by atoms with van der Waals surface area (Å²) in [7, 11) is 2.86. The average Bonchev–Trinajstić information content (AvgIpc) is 2.99. The molecule has 0 aliphatic carbocycles. The molecule has 2 aromatic carbocycles. The Morgan fingerprint density at radius 3 is 2.31 bits per heavy atom. The number of aryl methyl sites for hydroxylation is 1. The topological polar surface area (TPSA) is 72.9 Å². The minimum Gasteiger partial charge on any atom is -0.495 e. The summed E-state index contributed by atoms with van der Waals surface area (Å²) < 4.78 is 11.0. The summed E-state index contributed by atoms with van der Waals surface area (Å²) >= 11 is 3.39. The van der Waals surface area contributed by atoms with Crippen molar-refractivity contribution in [1.82, 2.24) is 0 Å². The fourth-order valence-corrected chi connectivity index (χ4v) is 3.65. The van der Waals surface area contributed by atoms with E-state index < -0.39 is 5.91 Å². The van der Waals surface area contributed by atoms with Gasteiger partial charge >= 0.3 is 5.97 Å². The highest BCUT2D eigenvalue weighted by Crippen LogP contribution is 2.42. The minimum atomic E-state index is -0.419. The van der Waals surface area contributed by atoms with E-state index in [1.165, 1.54) is 21.1 Å². The molecule has 6 nitrogen and oxygen atoms in total. The Balaban J connectivity index is 2.03. The summed E-state index contributed by atoms with van der Waals surface area (Å²) in [6.45, 7) is 1.36. The van der Waals surface area contributed by atoms with Crippen LogP contribution in [0.2, 0.25) is 0 Å². The second kappa shape index (κ2) is 8.61. The number of imide groups is 1. The number of anilines is 1. The molecule has 0 aromatic heterocycles. The molecule has 29 heavy (non-hydrogen) atoms. The monoisotopic (exact) mass is 457 g/mol. The molecule has 150 valence electrons. The van der Waals surface area contributed by atoms with E-state index in [1.54, 1.807) is 12.1 Å². The van der Waals surface area contributed by atoms with Crippen molar-refractivity contribution in [1.29, 1.82) is 0 Å². The largest absolute Gasteiger partial charge is 0.495 e. The molecule has 1 heterocycles. The van der Waals surface area contributed by atoms with Gasteiger partial charge in [0, 0.05) is 28.9 Å². The van der Waals surface area contributed by atoms with Crippen molar-refractivity contribution in [3.63, 3.8) is 0 Å². The van der Waals surface area contributed by atoms with Gasteiger partial charge in [0.05, 0.1) is 25.5 Å². The summed E-state index contributed by atoms with van der Waals surface area (Å²) in [4.78, 5) is 37.6. The standard InChI is InChI=1S/C22H20BrNO5/c1-13(25)24-18-12-16(23)9-10-17(18)20(22(24)27)21(29-3)15-7-4-14(5-8-15)6-11-19(26)28-2/h4-5,7-10,12H,6,11H2,1-3H3. The van der Waals surface area contributed by atoms with Gasteiger partial charge in [-0.25, -0.2) is 4.90 Å². The zero-order valence-electron chi connectivity index (χ0n) is 16.3. The van der Waals surface area contributed by atoms with E-state index >= 15 is 0 Å². The van der Waals surface area contributed by atoms with Crippen LogP contribution in [0.25, 0.3) is 11.3 Å². The molecule has 0 spiro atoms. The molecule has 1 aliphatic heterocycles. The number of fused-ring (bicyclic) bond motifs is 1. The molecule has 0 unspecified atom stereocenters. The highest BCUT2D eigenvalue weighted by atomic mass is 79.9. The number of amides is 2. The van der Waals surface area contributed by atoms with Crippen LogP contribution < -0.4 is 4.90 Å². The SMILES string of the molecule is COC(=O)CCc1ccc(C(OC)=C2C(=O)N(C(C)=O)c3cc(Br)ccc32)cc1. The van der Waals surface area contributed by atoms with Crippen molar-refractivity contribution in [3.05, 3.63) is 63.6 Å². The number of methoxy groups -OCH3 is 2. The van der Waals surface area contributed by atoms with E-state index in [9.17, 15) is 14.4 Å². The molecule has 0 fully saturated rings. The molecule has 0 N–H and O–H groups in total. The Kier molecular flexibility index (Phi) is 6.17. The molecular weight excluding hydrogens is 438 g/mol. The maximum absolute atomic E-state index is 13.1. The first-order valence-electron chi connectivity index (χ1n) is 8.96. The molecule has 0 radical (unpaired) electrons. The Morgan fingerprint density at radius 1 is 1.03 bits per heavy atom. The van der Waals surface area contributed by atoms with E-state index in [0.717, 1.165) is 14.9 Å². The number of benzene rings is 2. The van der Waals surface area contributed by atoms with Gasteiger partial charge in [-0.1, -0.05) is 46.3 Å². The molecule has 0 bridgehead atoms. The zero-order chi connectivity index (χ0) is 21.1. The summed E-state index contributed by atoms with van der Waals surface area (Å²) in [5.74, 6) is -0.658. The van der Waals surface area contributed by atoms with Crippen molar-refractivity contribution >= 4 is 50.7 Å². The number of esters is 1. The first-order chi connectivity index (χ1) is 13.9. The quantitative estimate of drug-likeness (QED) is 0.385. The lowest BCUT2D eigenvalue weighted by molar-refractivity contribution is -0.140. The Labute approximate surface area is 177 Å². The summed E-state index contributed by atoms with van der Waals surface area (Å²) in [5, 5.41) is 0. The van der Waals surface area contributed by atoms with Crippen LogP contribution in [0.5, 0.6) is 0 Å². The predicted octanol–water partition coefficient (Wildman–Crippen LogP) is 3.96. The van der Waals surface area contributed by atoms with Crippen LogP contribution in [0.3, 0.4) is 0 Å². The third-order valence-electron chi connectivity index (χ3n) is 4.69. The summed E-state index contributed by atoms with van der Waals surface area (Å²) in [6.07, 6.45) is 0.849. The van der Waals surface area contributed by atoms with E-state index in [0.29, 0.717) is 41.0 Å². The molecule has 2 aromatic rings. The molecule has 0 saturated heterocycles. The van der Waals surface area contributed by atoms with Crippen LogP contribution in [0, 0.1) is 0 Å². The fourth-order valence-electron chi connectivity index (χ4n) is 3.31. The number of carbonyl (C=O) groups excluding carboxylic acids is 3. The highest BCUT2D eigenvalue weighted by Gasteiger charge is 2.38. The van der Waals surface area contributed by atoms with E-state index in [2.05, 4.69) is 20.7 Å². The number of nitrogens with zero attached hydrogens (tertiary/aromatic N) is 1. The second-order valence-corrected chi connectivity index (χ2v) is 7.42. The number of rotatable bonds is 5. The van der Waals surface area contributed by atoms with Gasteiger partial charge in [-0.2, -0.15) is 0 Å². The lowest BCUT2D eigenvalue weighted by atomic mass is 10.0. The third-order valence-corrected chi connectivity index (χ3v) is 5.19. The van der Waals surface area contributed by atoms with Crippen LogP contribution >= 0.6 is 15.9 Å². The number of hydrogen-bond donors (Lipinski definition) is 0. The molecular formula is C22H20BrNO5. The van der Waals surface area contributed by atoms with Crippen LogP contribution in [-0.2, 0) is 30.3 Å². The molecule has 1 aliphatic rings. The Bertz CT molecular complexity index is 1010. The van der Waals surface area contributed by atoms with Gasteiger partial charge in [0.25, 0.3) is 5.91 Å². The maximum Gasteiger partial charge on any atom is 0.305 e. The number of ether oxygens (including phenoxy) is 2. The summed E-state index contributed by atoms with van der Waals surface area (Å²) in [6, 6.07) is 12.8. The molecule has 2 amide bonds. The molecule has 0 saturated carbocycles. The van der Waals surface area contributed by atoms with E-state index in [1.807, 2.05) is 30.3 Å². The molecule has 7 heteroatoms. The smallest absolute Gasteiger partial charge is 0.305 e. The van der Waals surface area contributed by atoms with Crippen LogP contribution in [0.1, 0.15) is 30.0 Å². The lowest BCUT2D eigenvalue weighted by Crippen LogP contribution is -2.31. The first kappa shape index (κ1) is 20.8. The van der Waals surface area contributed by atoms with Crippen molar-refractivity contribution in [2.24, 2.45) is 0 Å². The van der Waals surface area contributed by atoms with Crippen LogP contribution in [-0.4, -0.2) is 32.0 Å². The number of hydrogen-bond acceptors (Lipinski definition) is 5. The predicted molar refractivity (Wildman–Crippen MR) is 113 cm³/mol. The van der Waals surface area contributed by atoms with E-state index in [4.69, 9.17) is 4.74 Å². The number of carbonyl (C=O) groups is 3. The van der Waals surface area contributed by atoms with Gasteiger partial charge in [-0.05, 0) is 24.1 Å². The Morgan fingerprint density at radius 2 is 1.72 bits per heavy atom. The van der Waals surface area contributed by atoms with Crippen molar-refractivity contribution in [2.45, 2.75) is 19.8 Å². The lowest BCUT2D eigenvalue weighted by Gasteiger charge is -2.13. The summed E-state index contributed by atoms with van der Waals surface area (Å²) in [5.41, 5.74) is 3.17. The zero-order valence-corrected chi connectivity index (χ0v) is 17.9. The van der Waals surface area contributed by atoms with Gasteiger partial charge in [0.15, 0.2) is 0 Å². The van der Waals surface area contributed by atoms with Gasteiger partial charge < -0.3 is 9.47 Å². The minimum absolute atomic E-state index is 0.266. The third kappa shape index (κ3) is 4.10. The van der Waals surface area contributed by atoms with Gasteiger partial charge in [0.2, 0.25) is 5.91 Å². The van der Waals surface area contributed by atoms with Gasteiger partial charge in [-0.15, -0.1) is 0 Å². The Hall–Kier alpha value is -2.93. The van der Waals surface area contributed by atoms with E-state index in [-0.39, 0.29) is 11.9 Å². The van der Waals surface area contributed by atoms with Crippen molar-refractivity contribution in [3.8, 4) is 0 Å². The number of halogens is 1. The maximum atomic E-state index is 13.1. The van der Waals surface area contributed by atoms with Gasteiger partial charge in [0.1, 0.15) is 5.76 Å². The molecule has 3 rings (SSSR count). The van der Waals surface area contributed by atoms with Crippen LogP contribution in [0.15, 0.2) is 46.9 Å². The average molecular weight is 458 g/mol. The highest BCUT2D eigenvalue weighted by molar-refractivity contribution is 9.10. The van der Waals surface area contributed by atoms with Crippen molar-refractivity contribution in [2.75, 3.05) is 19.1 Å². The first-order valence-corrected chi connectivity index (χ1v) is 9.76. The van der Waals surface area contributed by atoms with Crippen LogP contribution in [0.4, 0.5) is 5.69 Å². The van der Waals surface area contributed by atoms with Crippen molar-refractivity contribution < 1.29 is 23.9 Å². The second-order valence-electron chi connectivity index (χ2n) is 6.50. The van der Waals surface area contributed by atoms with Gasteiger partial charge in [-0.3, -0.25) is 14.4 Å². The molecule has 0 atom stereocenters. The fraction of sp³-hybridized carbons (Fsp3) is 0.227.